The number of halogens is 1. The van der Waals surface area contributed by atoms with Crippen LogP contribution in [0.2, 0.25) is 0 Å². The molecule has 27 heavy (non-hydrogen) atoms. The number of aromatic nitrogens is 1. The quantitative estimate of drug-likeness (QED) is 0.862. The maximum atomic E-state index is 13.6. The van der Waals surface area contributed by atoms with Crippen LogP contribution < -0.4 is 15.8 Å². The first kappa shape index (κ1) is 18.6. The molecule has 2 aromatic rings. The van der Waals surface area contributed by atoms with Crippen LogP contribution in [0.1, 0.15) is 29.3 Å². The normalized spacial score (nSPS) is 19.0. The number of nitrogens with two attached hydrogens (primary N) is 1. The van der Waals surface area contributed by atoms with E-state index in [1.807, 2.05) is 13.0 Å². The van der Waals surface area contributed by atoms with Crippen molar-refractivity contribution in [2.45, 2.75) is 18.8 Å². The molecule has 0 bridgehead atoms. The number of hydrogen-bond donors (Lipinski definition) is 2. The molecule has 0 saturated carbocycles. The molecule has 142 valence electrons. The molecule has 3 N–H and O–H groups in total. The van der Waals surface area contributed by atoms with Gasteiger partial charge in [-0.3, -0.25) is 4.79 Å². The van der Waals surface area contributed by atoms with Gasteiger partial charge in [-0.25, -0.2) is 14.2 Å². The number of urea groups is 1. The van der Waals surface area contributed by atoms with E-state index in [-0.39, 0.29) is 28.7 Å². The minimum absolute atomic E-state index is 0.0846. The average molecular weight is 372 g/mol. The monoisotopic (exact) mass is 372 g/mol. The Kier molecular flexibility index (Phi) is 4.98. The van der Waals surface area contributed by atoms with Crippen LogP contribution in [0, 0.1) is 5.82 Å². The predicted molar refractivity (Wildman–Crippen MR) is 98.3 cm³/mol. The number of carbonyl (C=O) groups is 2. The molecule has 1 aromatic carbocycles. The number of primary amides is 1. The first-order chi connectivity index (χ1) is 12.8. The highest BCUT2D eigenvalue weighted by molar-refractivity contribution is 5.97. The molecule has 8 heteroatoms. The van der Waals surface area contributed by atoms with Crippen molar-refractivity contribution in [2.24, 2.45) is 5.73 Å². The first-order valence-electron chi connectivity index (χ1n) is 8.48. The summed E-state index contributed by atoms with van der Waals surface area (Å²) in [7, 11) is 1.38. The van der Waals surface area contributed by atoms with E-state index in [9.17, 15) is 14.0 Å². The molecule has 7 nitrogen and oxygen atoms in total. The number of pyridine rings is 1. The highest BCUT2D eigenvalue weighted by Gasteiger charge is 2.37. The second-order valence-electron chi connectivity index (χ2n) is 6.82. The fraction of sp³-hybridized carbons (Fsp3) is 0.316. The van der Waals surface area contributed by atoms with Gasteiger partial charge in [0.2, 0.25) is 5.88 Å². The third-order valence-electron chi connectivity index (χ3n) is 4.84. The van der Waals surface area contributed by atoms with Crippen LogP contribution in [0.4, 0.5) is 14.9 Å². The Bertz CT molecular complexity index is 889. The number of nitrogens with zero attached hydrogens (tertiary/aromatic N) is 2. The number of rotatable bonds is 4. The Labute approximate surface area is 156 Å². The van der Waals surface area contributed by atoms with Gasteiger partial charge >= 0.3 is 6.03 Å². The average Bonchev–Trinajstić information content (AvgIpc) is 3.05. The van der Waals surface area contributed by atoms with Crippen molar-refractivity contribution in [3.8, 4) is 5.88 Å². The predicted octanol–water partition coefficient (Wildman–Crippen LogP) is 2.52. The largest absolute Gasteiger partial charge is 0.480 e. The van der Waals surface area contributed by atoms with E-state index in [0.717, 1.165) is 12.0 Å². The third kappa shape index (κ3) is 3.84. The smallest absolute Gasteiger partial charge is 0.321 e. The minimum atomic E-state index is -0.699. The van der Waals surface area contributed by atoms with Gasteiger partial charge in [0.25, 0.3) is 5.91 Å². The summed E-state index contributed by atoms with van der Waals surface area (Å²) < 4.78 is 18.5. The van der Waals surface area contributed by atoms with Gasteiger partial charge in [-0.05, 0) is 30.2 Å². The number of ether oxygens (including phenoxy) is 1. The van der Waals surface area contributed by atoms with E-state index < -0.39 is 5.91 Å². The number of methoxy groups -OCH3 is 1. The number of benzene rings is 1. The molecular weight excluding hydrogens is 351 g/mol. The lowest BCUT2D eigenvalue weighted by Crippen LogP contribution is -2.36. The summed E-state index contributed by atoms with van der Waals surface area (Å²) in [4.78, 5) is 29.7. The van der Waals surface area contributed by atoms with Crippen molar-refractivity contribution in [1.29, 1.82) is 0 Å². The molecule has 1 aromatic heterocycles. The molecule has 1 aliphatic rings. The zero-order valence-electron chi connectivity index (χ0n) is 15.2. The molecule has 0 spiro atoms. The van der Waals surface area contributed by atoms with E-state index in [1.54, 1.807) is 11.0 Å². The van der Waals surface area contributed by atoms with Gasteiger partial charge in [0.05, 0.1) is 19.0 Å². The fourth-order valence-electron chi connectivity index (χ4n) is 3.30. The Balaban J connectivity index is 1.73. The second kappa shape index (κ2) is 7.22. The second-order valence-corrected chi connectivity index (χ2v) is 6.82. The van der Waals surface area contributed by atoms with Crippen LogP contribution in [0.5, 0.6) is 5.88 Å². The van der Waals surface area contributed by atoms with Crippen molar-refractivity contribution in [3.05, 3.63) is 53.5 Å². The summed E-state index contributed by atoms with van der Waals surface area (Å²) in [6.07, 6.45) is 2.11. The molecular formula is C19H21FN4O3. The lowest BCUT2D eigenvalue weighted by molar-refractivity contribution is 0.0996. The van der Waals surface area contributed by atoms with Crippen molar-refractivity contribution >= 4 is 17.6 Å². The van der Waals surface area contributed by atoms with Gasteiger partial charge in [0.1, 0.15) is 11.4 Å². The van der Waals surface area contributed by atoms with Crippen molar-refractivity contribution < 1.29 is 18.7 Å². The summed E-state index contributed by atoms with van der Waals surface area (Å²) in [6.45, 7) is 2.99. The van der Waals surface area contributed by atoms with E-state index in [2.05, 4.69) is 10.3 Å². The van der Waals surface area contributed by atoms with Crippen LogP contribution >= 0.6 is 0 Å². The highest BCUT2D eigenvalue weighted by atomic mass is 19.1. The summed E-state index contributed by atoms with van der Waals surface area (Å²) in [5, 5.41) is 2.72. The van der Waals surface area contributed by atoms with Crippen molar-refractivity contribution in [1.82, 2.24) is 9.88 Å². The van der Waals surface area contributed by atoms with E-state index in [1.165, 1.54) is 31.5 Å². The molecule has 1 atom stereocenters. The van der Waals surface area contributed by atoms with Crippen LogP contribution in [-0.2, 0) is 5.41 Å². The SMILES string of the molecule is COc1ncc(NC(=O)N2CCC(C)(c3cccc(F)c3)C2)cc1C(N)=O. The number of amides is 3. The van der Waals surface area contributed by atoms with Crippen LogP contribution in [0.15, 0.2) is 36.5 Å². The Morgan fingerprint density at radius 1 is 1.37 bits per heavy atom. The first-order valence-corrected chi connectivity index (χ1v) is 8.48. The number of likely N-dealkylation sites (tertiary alicyclic amines) is 1. The molecule has 0 aliphatic carbocycles. The van der Waals surface area contributed by atoms with E-state index in [0.29, 0.717) is 18.8 Å². The van der Waals surface area contributed by atoms with Crippen LogP contribution in [-0.4, -0.2) is 42.0 Å². The van der Waals surface area contributed by atoms with Crippen molar-refractivity contribution in [3.63, 3.8) is 0 Å². The van der Waals surface area contributed by atoms with Gasteiger partial charge in [0.15, 0.2) is 0 Å². The lowest BCUT2D eigenvalue weighted by atomic mass is 9.82. The van der Waals surface area contributed by atoms with Crippen LogP contribution in [0.25, 0.3) is 0 Å². The standard InChI is InChI=1S/C19H21FN4O3/c1-19(12-4-3-5-13(20)8-12)6-7-24(11-19)18(26)23-14-9-15(16(21)25)17(27-2)22-10-14/h3-5,8-10H,6-7,11H2,1-2H3,(H2,21,25)(H,23,26). The third-order valence-corrected chi connectivity index (χ3v) is 4.84. The van der Waals surface area contributed by atoms with Gasteiger partial charge in [-0.1, -0.05) is 19.1 Å². The molecule has 0 radical (unpaired) electrons. The molecule has 1 saturated heterocycles. The molecule has 1 aliphatic heterocycles. The topological polar surface area (TPSA) is 97.6 Å². The van der Waals surface area contributed by atoms with Gasteiger partial charge in [0, 0.05) is 18.5 Å². The van der Waals surface area contributed by atoms with E-state index >= 15 is 0 Å². The zero-order chi connectivity index (χ0) is 19.6. The summed E-state index contributed by atoms with van der Waals surface area (Å²) in [6, 6.07) is 7.56. The summed E-state index contributed by atoms with van der Waals surface area (Å²) in [5.74, 6) is -0.893. The summed E-state index contributed by atoms with van der Waals surface area (Å²) >= 11 is 0. The molecule has 3 rings (SSSR count). The molecule has 1 fully saturated rings. The Morgan fingerprint density at radius 3 is 2.81 bits per heavy atom. The lowest BCUT2D eigenvalue weighted by Gasteiger charge is -2.25. The number of carbonyl (C=O) groups excluding carboxylic acids is 2. The van der Waals surface area contributed by atoms with Gasteiger partial charge < -0.3 is 20.7 Å². The van der Waals surface area contributed by atoms with E-state index in [4.69, 9.17) is 10.5 Å². The van der Waals surface area contributed by atoms with Gasteiger partial charge in [-0.15, -0.1) is 0 Å². The van der Waals surface area contributed by atoms with Gasteiger partial charge in [-0.2, -0.15) is 0 Å². The molecule has 1 unspecified atom stereocenters. The maximum absolute atomic E-state index is 13.6. The van der Waals surface area contributed by atoms with Crippen LogP contribution in [0.3, 0.4) is 0 Å². The number of hydrogen-bond acceptors (Lipinski definition) is 4. The highest BCUT2D eigenvalue weighted by Crippen LogP contribution is 2.34. The fourth-order valence-corrected chi connectivity index (χ4v) is 3.30. The Morgan fingerprint density at radius 2 is 2.15 bits per heavy atom. The number of nitrogens with one attached hydrogen (secondary N) is 1. The zero-order valence-corrected chi connectivity index (χ0v) is 15.2. The van der Waals surface area contributed by atoms with Crippen molar-refractivity contribution in [2.75, 3.05) is 25.5 Å². The number of anilines is 1. The summed E-state index contributed by atoms with van der Waals surface area (Å²) in [5.41, 5.74) is 6.28. The molecule has 3 amide bonds. The minimum Gasteiger partial charge on any atom is -0.480 e. The Hall–Kier alpha value is -3.16. The molecule has 2 heterocycles. The maximum Gasteiger partial charge on any atom is 0.321 e.